The maximum absolute atomic E-state index is 9.66. The minimum atomic E-state index is -0.110. The zero-order valence-corrected chi connectivity index (χ0v) is 14.8. The van der Waals surface area contributed by atoms with Crippen LogP contribution in [0.1, 0.15) is 40.4 Å². The molecule has 1 aliphatic carbocycles. The number of aliphatic hydroxyl groups is 1. The molecule has 0 amide bonds. The highest BCUT2D eigenvalue weighted by molar-refractivity contribution is 7.11. The minimum Gasteiger partial charge on any atom is -0.393 e. The molecule has 1 saturated heterocycles. The van der Waals surface area contributed by atoms with Crippen LogP contribution >= 0.6 is 11.3 Å². The molecule has 2 aromatic rings. The van der Waals surface area contributed by atoms with Gasteiger partial charge < -0.3 is 10.4 Å². The third-order valence-electron chi connectivity index (χ3n) is 5.04. The van der Waals surface area contributed by atoms with Crippen LogP contribution in [0.2, 0.25) is 0 Å². The molecule has 0 atom stereocenters. The number of aryl methyl sites for hydroxylation is 2. The monoisotopic (exact) mass is 343 g/mol. The second-order valence-electron chi connectivity index (χ2n) is 6.85. The van der Waals surface area contributed by atoms with Crippen molar-refractivity contribution in [2.24, 2.45) is 0 Å². The Bertz CT molecular complexity index is 670. The summed E-state index contributed by atoms with van der Waals surface area (Å²) in [6, 6.07) is 8.56. The number of benzene rings is 1. The van der Waals surface area contributed by atoms with Gasteiger partial charge in [-0.3, -0.25) is 4.90 Å². The van der Waals surface area contributed by atoms with Crippen LogP contribution in [0.3, 0.4) is 0 Å². The molecule has 0 unspecified atom stereocenters. The average Bonchev–Trinajstić information content (AvgIpc) is 3.18. The van der Waals surface area contributed by atoms with Crippen LogP contribution in [-0.4, -0.2) is 34.2 Å². The highest BCUT2D eigenvalue weighted by atomic mass is 32.1. The number of anilines is 1. The number of likely N-dealkylation sites (tertiary alicyclic amines) is 1. The van der Waals surface area contributed by atoms with Crippen LogP contribution in [0.25, 0.3) is 0 Å². The van der Waals surface area contributed by atoms with Crippen LogP contribution < -0.4 is 5.32 Å². The summed E-state index contributed by atoms with van der Waals surface area (Å²) in [6.45, 7) is 3.72. The highest BCUT2D eigenvalue weighted by Crippen LogP contribution is 2.28. The smallest absolute Gasteiger partial charge is 0.112 e. The first-order chi connectivity index (χ1) is 11.8. The van der Waals surface area contributed by atoms with Crippen LogP contribution in [-0.2, 0) is 25.9 Å². The van der Waals surface area contributed by atoms with E-state index in [2.05, 4.69) is 34.5 Å². The van der Waals surface area contributed by atoms with Crippen molar-refractivity contribution in [1.82, 2.24) is 9.88 Å². The number of fused-ring (bicyclic) bond motifs is 1. The largest absolute Gasteiger partial charge is 0.393 e. The molecule has 1 aromatic carbocycles. The molecule has 2 heterocycles. The lowest BCUT2D eigenvalue weighted by Crippen LogP contribution is -2.35. The summed E-state index contributed by atoms with van der Waals surface area (Å²) in [7, 11) is 0. The average molecular weight is 343 g/mol. The third-order valence-corrected chi connectivity index (χ3v) is 6.20. The number of aromatic nitrogens is 1. The molecule has 5 heteroatoms. The second kappa shape index (κ2) is 7.21. The standard InChI is InChI=1S/C19H25N3OS/c23-15-8-10-22(11-9-15)13-14-4-1-2-5-16(14)20-12-19-21-17-6-3-7-18(17)24-19/h1-2,4-5,15,20,23H,3,6-13H2. The summed E-state index contributed by atoms with van der Waals surface area (Å²) >= 11 is 1.87. The van der Waals surface area contributed by atoms with E-state index >= 15 is 0 Å². The lowest BCUT2D eigenvalue weighted by Gasteiger charge is -2.30. The van der Waals surface area contributed by atoms with E-state index < -0.39 is 0 Å². The van der Waals surface area contributed by atoms with Gasteiger partial charge in [0, 0.05) is 30.2 Å². The predicted octanol–water partition coefficient (Wildman–Crippen LogP) is 3.20. The van der Waals surface area contributed by atoms with E-state index in [0.717, 1.165) is 45.4 Å². The Morgan fingerprint density at radius 3 is 2.88 bits per heavy atom. The van der Waals surface area contributed by atoms with Gasteiger partial charge in [0.05, 0.1) is 18.3 Å². The Morgan fingerprint density at radius 2 is 2.04 bits per heavy atom. The molecule has 1 aromatic heterocycles. The SMILES string of the molecule is OC1CCN(Cc2ccccc2NCc2nc3c(s2)CCC3)CC1. The Hall–Kier alpha value is -1.43. The Balaban J connectivity index is 1.39. The van der Waals surface area contributed by atoms with E-state index in [1.54, 1.807) is 0 Å². The molecule has 0 bridgehead atoms. The topological polar surface area (TPSA) is 48.4 Å². The van der Waals surface area contributed by atoms with E-state index in [4.69, 9.17) is 4.98 Å². The van der Waals surface area contributed by atoms with Gasteiger partial charge in [-0.1, -0.05) is 18.2 Å². The number of piperidine rings is 1. The van der Waals surface area contributed by atoms with Gasteiger partial charge in [-0.05, 0) is 43.7 Å². The van der Waals surface area contributed by atoms with Crippen LogP contribution in [0.15, 0.2) is 24.3 Å². The number of aliphatic hydroxyl groups excluding tert-OH is 1. The number of thiazole rings is 1. The van der Waals surface area contributed by atoms with E-state index in [1.165, 1.54) is 39.7 Å². The summed E-state index contributed by atoms with van der Waals surface area (Å²) in [5.41, 5.74) is 3.87. The van der Waals surface area contributed by atoms with Crippen molar-refractivity contribution in [2.75, 3.05) is 18.4 Å². The third kappa shape index (κ3) is 3.63. The van der Waals surface area contributed by atoms with Gasteiger partial charge in [0.2, 0.25) is 0 Å². The lowest BCUT2D eigenvalue weighted by molar-refractivity contribution is 0.0793. The van der Waals surface area contributed by atoms with E-state index in [-0.39, 0.29) is 6.10 Å². The molecule has 0 radical (unpaired) electrons. The second-order valence-corrected chi connectivity index (χ2v) is 8.02. The van der Waals surface area contributed by atoms with Crippen molar-refractivity contribution in [1.29, 1.82) is 0 Å². The Labute approximate surface area is 147 Å². The number of hydrogen-bond acceptors (Lipinski definition) is 5. The van der Waals surface area contributed by atoms with Gasteiger partial charge in [-0.25, -0.2) is 4.98 Å². The fourth-order valence-corrected chi connectivity index (χ4v) is 4.74. The molecule has 0 spiro atoms. The normalized spacial score (nSPS) is 18.7. The van der Waals surface area contributed by atoms with Crippen molar-refractivity contribution >= 4 is 17.0 Å². The molecule has 1 fully saturated rings. The number of para-hydroxylation sites is 1. The molecule has 2 aliphatic rings. The molecule has 4 rings (SSSR count). The Morgan fingerprint density at radius 1 is 1.21 bits per heavy atom. The van der Waals surface area contributed by atoms with Gasteiger partial charge in [-0.15, -0.1) is 11.3 Å². The molecule has 1 aliphatic heterocycles. The van der Waals surface area contributed by atoms with E-state index in [0.29, 0.717) is 0 Å². The highest BCUT2D eigenvalue weighted by Gasteiger charge is 2.19. The molecule has 24 heavy (non-hydrogen) atoms. The fraction of sp³-hybridized carbons (Fsp3) is 0.526. The zero-order chi connectivity index (χ0) is 16.4. The summed E-state index contributed by atoms with van der Waals surface area (Å²) in [6.07, 6.45) is 5.31. The first kappa shape index (κ1) is 16.1. The first-order valence-corrected chi connectivity index (χ1v) is 9.79. The van der Waals surface area contributed by atoms with Crippen LogP contribution in [0.5, 0.6) is 0 Å². The Kier molecular flexibility index (Phi) is 4.83. The van der Waals surface area contributed by atoms with Gasteiger partial charge in [0.1, 0.15) is 5.01 Å². The summed E-state index contributed by atoms with van der Waals surface area (Å²) in [5.74, 6) is 0. The van der Waals surface area contributed by atoms with Crippen molar-refractivity contribution in [3.05, 3.63) is 45.4 Å². The maximum atomic E-state index is 9.66. The number of nitrogens with one attached hydrogen (secondary N) is 1. The van der Waals surface area contributed by atoms with Crippen molar-refractivity contribution in [3.8, 4) is 0 Å². The zero-order valence-electron chi connectivity index (χ0n) is 14.0. The van der Waals surface area contributed by atoms with Crippen molar-refractivity contribution in [2.45, 2.75) is 51.3 Å². The molecule has 2 N–H and O–H groups in total. The van der Waals surface area contributed by atoms with Crippen molar-refractivity contribution < 1.29 is 5.11 Å². The fourth-order valence-electron chi connectivity index (χ4n) is 3.64. The molecular formula is C19H25N3OS. The summed E-state index contributed by atoms with van der Waals surface area (Å²) in [5, 5.41) is 14.5. The van der Waals surface area contributed by atoms with E-state index in [1.807, 2.05) is 11.3 Å². The van der Waals surface area contributed by atoms with Gasteiger partial charge in [-0.2, -0.15) is 0 Å². The molecule has 0 saturated carbocycles. The number of hydrogen-bond donors (Lipinski definition) is 2. The summed E-state index contributed by atoms with van der Waals surface area (Å²) < 4.78 is 0. The molecule has 4 nitrogen and oxygen atoms in total. The van der Waals surface area contributed by atoms with Crippen LogP contribution in [0, 0.1) is 0 Å². The molecular weight excluding hydrogens is 318 g/mol. The lowest BCUT2D eigenvalue weighted by atomic mass is 10.1. The van der Waals surface area contributed by atoms with Gasteiger partial charge in [0.15, 0.2) is 0 Å². The predicted molar refractivity (Wildman–Crippen MR) is 98.4 cm³/mol. The number of rotatable bonds is 5. The minimum absolute atomic E-state index is 0.110. The van der Waals surface area contributed by atoms with Crippen LogP contribution in [0.4, 0.5) is 5.69 Å². The van der Waals surface area contributed by atoms with Gasteiger partial charge >= 0.3 is 0 Å². The molecule has 128 valence electrons. The first-order valence-electron chi connectivity index (χ1n) is 8.97. The number of nitrogens with zero attached hydrogens (tertiary/aromatic N) is 2. The summed E-state index contributed by atoms with van der Waals surface area (Å²) in [4.78, 5) is 8.71. The maximum Gasteiger partial charge on any atom is 0.112 e. The van der Waals surface area contributed by atoms with Gasteiger partial charge in [0.25, 0.3) is 0 Å². The van der Waals surface area contributed by atoms with Crippen molar-refractivity contribution in [3.63, 3.8) is 0 Å². The van der Waals surface area contributed by atoms with E-state index in [9.17, 15) is 5.11 Å². The quantitative estimate of drug-likeness (QED) is 0.875.